The van der Waals surface area contributed by atoms with Crippen molar-refractivity contribution in [2.24, 2.45) is 5.73 Å². The maximum absolute atomic E-state index is 9.89. The van der Waals surface area contributed by atoms with Crippen LogP contribution in [-0.4, -0.2) is 18.5 Å². The van der Waals surface area contributed by atoms with Crippen LogP contribution in [0, 0.1) is 0 Å². The third-order valence-electron chi connectivity index (χ3n) is 0.950. The number of hydrogen-bond acceptors (Lipinski definition) is 3. The summed E-state index contributed by atoms with van der Waals surface area (Å²) >= 11 is 0. The largest absolute Gasteiger partial charge is 0.694 e. The summed E-state index contributed by atoms with van der Waals surface area (Å²) < 4.78 is 14.3. The van der Waals surface area contributed by atoms with E-state index in [1.807, 2.05) is 0 Å². The Bertz CT molecular complexity index is 89.9. The average Bonchev–Trinajstić information content (AvgIpc) is 2.02. The second-order valence-corrected chi connectivity index (χ2v) is 2.51. The second-order valence-electron chi connectivity index (χ2n) is 1.78. The Kier molecular flexibility index (Phi) is 15.6. The molecular weight excluding hydrogens is 165 g/mol. The van der Waals surface area contributed by atoms with Gasteiger partial charge in [-0.3, -0.25) is 0 Å². The zero-order valence-electron chi connectivity index (χ0n) is 7.12. The minimum Gasteiger partial charge on any atom is -0.333 e. The lowest BCUT2D eigenvalue weighted by atomic mass is 10.3. The Morgan fingerprint density at radius 3 is 2.36 bits per heavy atom. The molecule has 1 atom stereocenters. The van der Waals surface area contributed by atoms with Crippen LogP contribution < -0.4 is 5.73 Å². The summed E-state index contributed by atoms with van der Waals surface area (Å²) in [5, 5.41) is 0. The molecule has 5 heteroatoms. The van der Waals surface area contributed by atoms with Crippen molar-refractivity contribution in [3.8, 4) is 0 Å². The smallest absolute Gasteiger partial charge is 0.333 e. The molecule has 11 heavy (non-hydrogen) atoms. The zero-order chi connectivity index (χ0) is 9.11. The van der Waals surface area contributed by atoms with E-state index in [-0.39, 0.29) is 0 Å². The molecule has 0 aromatic heterocycles. The van der Waals surface area contributed by atoms with Crippen molar-refractivity contribution in [3.05, 3.63) is 0 Å². The van der Waals surface area contributed by atoms with Crippen molar-refractivity contribution in [2.75, 3.05) is 13.7 Å². The van der Waals surface area contributed by atoms with Crippen molar-refractivity contribution in [1.29, 1.82) is 0 Å². The molecule has 0 aromatic carbocycles. The van der Waals surface area contributed by atoms with Crippen molar-refractivity contribution in [2.45, 2.75) is 26.2 Å². The van der Waals surface area contributed by atoms with Gasteiger partial charge in [-0.25, -0.2) is 0 Å². The number of unbranched alkanes of at least 4 members (excludes halogenated alkanes) is 2. The summed E-state index contributed by atoms with van der Waals surface area (Å²) in [6, 6.07) is 0. The van der Waals surface area contributed by atoms with Gasteiger partial charge in [-0.05, 0) is 13.5 Å². The molecule has 0 aliphatic rings. The van der Waals surface area contributed by atoms with Crippen LogP contribution in [0.15, 0.2) is 0 Å². The molecule has 3 N–H and O–H groups in total. The Labute approximate surface area is 68.7 Å². The van der Waals surface area contributed by atoms with Crippen LogP contribution in [0.5, 0.6) is 0 Å². The summed E-state index contributed by atoms with van der Waals surface area (Å²) in [5.74, 6) is 0. The fourth-order valence-electron chi connectivity index (χ4n) is 0.495. The highest BCUT2D eigenvalue weighted by Crippen LogP contribution is 2.14. The zero-order valence-corrected chi connectivity index (χ0v) is 8.01. The van der Waals surface area contributed by atoms with Gasteiger partial charge in [0, 0.05) is 4.57 Å². The van der Waals surface area contributed by atoms with Gasteiger partial charge >= 0.3 is 8.25 Å². The van der Waals surface area contributed by atoms with Gasteiger partial charge in [-0.15, -0.1) is 9.42 Å². The molecule has 0 heterocycles. The Morgan fingerprint density at radius 2 is 2.00 bits per heavy atom. The molecule has 0 aliphatic carbocycles. The SMILES string of the molecule is CCCCCO[P+](=O)O.CN. The molecule has 1 unspecified atom stereocenters. The lowest BCUT2D eigenvalue weighted by molar-refractivity contribution is 0.274. The van der Waals surface area contributed by atoms with Crippen LogP contribution in [-0.2, 0) is 9.09 Å². The second kappa shape index (κ2) is 12.6. The number of rotatable bonds is 5. The van der Waals surface area contributed by atoms with Gasteiger partial charge in [0.2, 0.25) is 0 Å². The highest BCUT2D eigenvalue weighted by atomic mass is 31.1. The molecular formula is C6H17NO3P+. The summed E-state index contributed by atoms with van der Waals surface area (Å²) in [6.07, 6.45) is 3.03. The van der Waals surface area contributed by atoms with Crippen LogP contribution in [0.4, 0.5) is 0 Å². The summed E-state index contributed by atoms with van der Waals surface area (Å²) in [5.41, 5.74) is 4.50. The molecule has 4 nitrogen and oxygen atoms in total. The van der Waals surface area contributed by atoms with Crippen LogP contribution in [0.3, 0.4) is 0 Å². The van der Waals surface area contributed by atoms with Crippen molar-refractivity contribution < 1.29 is 14.0 Å². The highest BCUT2D eigenvalue weighted by molar-refractivity contribution is 7.32. The first-order chi connectivity index (χ1) is 5.27. The van der Waals surface area contributed by atoms with E-state index < -0.39 is 8.25 Å². The summed E-state index contributed by atoms with van der Waals surface area (Å²) in [6.45, 7) is 2.47. The minimum atomic E-state index is -2.37. The van der Waals surface area contributed by atoms with Crippen LogP contribution in [0.1, 0.15) is 26.2 Å². The molecule has 0 fully saturated rings. The molecule has 0 saturated heterocycles. The molecule has 0 saturated carbocycles. The van der Waals surface area contributed by atoms with E-state index in [1.165, 1.54) is 7.05 Å². The highest BCUT2D eigenvalue weighted by Gasteiger charge is 2.09. The summed E-state index contributed by atoms with van der Waals surface area (Å²) in [7, 11) is -0.867. The van der Waals surface area contributed by atoms with E-state index in [0.717, 1.165) is 19.3 Å². The van der Waals surface area contributed by atoms with E-state index in [1.54, 1.807) is 0 Å². The maximum Gasteiger partial charge on any atom is 0.694 e. The normalized spacial score (nSPS) is 10.0. The van der Waals surface area contributed by atoms with Crippen LogP contribution in [0.25, 0.3) is 0 Å². The van der Waals surface area contributed by atoms with Crippen molar-refractivity contribution >= 4 is 8.25 Å². The molecule has 0 amide bonds. The number of nitrogens with two attached hydrogens (primary N) is 1. The van der Waals surface area contributed by atoms with Crippen molar-refractivity contribution in [3.63, 3.8) is 0 Å². The molecule has 0 spiro atoms. The first kappa shape index (κ1) is 13.6. The van der Waals surface area contributed by atoms with Gasteiger partial charge in [0.15, 0.2) is 0 Å². The quantitative estimate of drug-likeness (QED) is 0.498. The fraction of sp³-hybridized carbons (Fsp3) is 1.00. The molecule has 0 bridgehead atoms. The maximum atomic E-state index is 9.89. The van der Waals surface area contributed by atoms with Gasteiger partial charge in [-0.1, -0.05) is 19.8 Å². The first-order valence-electron chi connectivity index (χ1n) is 3.64. The predicted octanol–water partition coefficient (Wildman–Crippen LogP) is 1.42. The Hall–Kier alpha value is -0.0200. The lowest BCUT2D eigenvalue weighted by Gasteiger charge is -1.87. The van der Waals surface area contributed by atoms with E-state index in [4.69, 9.17) is 4.89 Å². The first-order valence-corrected chi connectivity index (χ1v) is 4.77. The monoisotopic (exact) mass is 182 g/mol. The van der Waals surface area contributed by atoms with Gasteiger partial charge < -0.3 is 5.73 Å². The summed E-state index contributed by atoms with van der Waals surface area (Å²) in [4.78, 5) is 8.14. The lowest BCUT2D eigenvalue weighted by Crippen LogP contribution is -1.84. The van der Waals surface area contributed by atoms with E-state index in [0.29, 0.717) is 6.61 Å². The Morgan fingerprint density at radius 1 is 1.45 bits per heavy atom. The van der Waals surface area contributed by atoms with E-state index in [9.17, 15) is 4.57 Å². The van der Waals surface area contributed by atoms with Gasteiger partial charge in [0.05, 0.1) is 0 Å². The molecule has 0 aromatic rings. The fourth-order valence-corrected chi connectivity index (χ4v) is 0.780. The number of hydrogen-bond donors (Lipinski definition) is 2. The predicted molar refractivity (Wildman–Crippen MR) is 45.4 cm³/mol. The standard InChI is InChI=1S/C5H11O3P.CH5N/c1-2-3-4-5-8-9(6)7;1-2/h2-5H2,1H3;2H2,1H3/p+1. The van der Waals surface area contributed by atoms with Gasteiger partial charge in [-0.2, -0.15) is 0 Å². The van der Waals surface area contributed by atoms with Gasteiger partial charge in [0.25, 0.3) is 0 Å². The van der Waals surface area contributed by atoms with E-state index in [2.05, 4.69) is 17.2 Å². The third kappa shape index (κ3) is 17.8. The molecule has 0 aliphatic heterocycles. The molecule has 0 radical (unpaired) electrons. The van der Waals surface area contributed by atoms with Crippen molar-refractivity contribution in [1.82, 2.24) is 0 Å². The average molecular weight is 182 g/mol. The minimum absolute atomic E-state index is 0.402. The molecule has 0 rings (SSSR count). The Balaban J connectivity index is 0. The molecule has 68 valence electrons. The topological polar surface area (TPSA) is 72.5 Å². The third-order valence-corrected chi connectivity index (χ3v) is 1.35. The van der Waals surface area contributed by atoms with Gasteiger partial charge in [0.1, 0.15) is 6.61 Å². The van der Waals surface area contributed by atoms with E-state index >= 15 is 0 Å². The van der Waals surface area contributed by atoms with Crippen LogP contribution >= 0.6 is 8.25 Å². The van der Waals surface area contributed by atoms with Crippen LogP contribution in [0.2, 0.25) is 0 Å².